The SMILES string of the molecule is CCNC(=NC[C@H]1CCCN1S(C)(=O)=O)NCCc1ccc(Cl)nc1.I. The summed E-state index contributed by atoms with van der Waals surface area (Å²) in [5.74, 6) is 0.699. The normalized spacial score (nSPS) is 18.4. The molecule has 1 saturated heterocycles. The Morgan fingerprint density at radius 3 is 2.81 bits per heavy atom. The highest BCUT2D eigenvalue weighted by Gasteiger charge is 2.31. The minimum absolute atomic E-state index is 0. The lowest BCUT2D eigenvalue weighted by Crippen LogP contribution is -2.41. The zero-order valence-electron chi connectivity index (χ0n) is 15.1. The van der Waals surface area contributed by atoms with Crippen LogP contribution in [0.4, 0.5) is 0 Å². The average molecular weight is 516 g/mol. The molecule has 1 atom stereocenters. The molecule has 2 rings (SSSR count). The van der Waals surface area contributed by atoms with Crippen LogP contribution < -0.4 is 10.6 Å². The second-order valence-electron chi connectivity index (χ2n) is 6.06. The van der Waals surface area contributed by atoms with Gasteiger partial charge in [-0.15, -0.1) is 24.0 Å². The summed E-state index contributed by atoms with van der Waals surface area (Å²) < 4.78 is 25.2. The van der Waals surface area contributed by atoms with Crippen molar-refractivity contribution in [1.29, 1.82) is 0 Å². The van der Waals surface area contributed by atoms with Crippen LogP contribution in [0.25, 0.3) is 0 Å². The number of aromatic nitrogens is 1. The molecule has 148 valence electrons. The number of sulfonamides is 1. The zero-order valence-corrected chi connectivity index (χ0v) is 19.0. The van der Waals surface area contributed by atoms with E-state index in [0.717, 1.165) is 31.4 Å². The summed E-state index contributed by atoms with van der Waals surface area (Å²) in [5, 5.41) is 6.95. The number of hydrogen-bond acceptors (Lipinski definition) is 4. The fourth-order valence-electron chi connectivity index (χ4n) is 2.85. The lowest BCUT2D eigenvalue weighted by molar-refractivity contribution is 0.396. The average Bonchev–Trinajstić information content (AvgIpc) is 3.03. The molecule has 0 aromatic carbocycles. The number of aliphatic imine (C=N–C) groups is 1. The van der Waals surface area contributed by atoms with E-state index in [0.29, 0.717) is 30.7 Å². The second-order valence-corrected chi connectivity index (χ2v) is 8.38. The molecule has 1 fully saturated rings. The van der Waals surface area contributed by atoms with Gasteiger partial charge in [-0.25, -0.2) is 13.4 Å². The molecule has 1 aliphatic rings. The van der Waals surface area contributed by atoms with Gasteiger partial charge in [0, 0.05) is 31.9 Å². The van der Waals surface area contributed by atoms with E-state index < -0.39 is 10.0 Å². The fraction of sp³-hybridized carbons (Fsp3) is 0.625. The van der Waals surface area contributed by atoms with Crippen LogP contribution in [0.5, 0.6) is 0 Å². The molecule has 1 aliphatic heterocycles. The first-order valence-electron chi connectivity index (χ1n) is 8.49. The Bertz CT molecular complexity index is 684. The number of nitrogens with one attached hydrogen (secondary N) is 2. The van der Waals surface area contributed by atoms with Gasteiger partial charge in [0.05, 0.1) is 12.8 Å². The minimum atomic E-state index is -3.16. The molecule has 0 aliphatic carbocycles. The predicted octanol–water partition coefficient (Wildman–Crippen LogP) is 1.87. The molecule has 7 nitrogen and oxygen atoms in total. The molecular formula is C16H27ClIN5O2S. The van der Waals surface area contributed by atoms with Crippen molar-refractivity contribution in [3.8, 4) is 0 Å². The first kappa shape index (κ1) is 23.4. The van der Waals surface area contributed by atoms with Gasteiger partial charge < -0.3 is 10.6 Å². The first-order chi connectivity index (χ1) is 11.9. The predicted molar refractivity (Wildman–Crippen MR) is 117 cm³/mol. The Balaban J connectivity index is 0.00000338. The molecule has 10 heteroatoms. The minimum Gasteiger partial charge on any atom is -0.357 e. The van der Waals surface area contributed by atoms with Crippen molar-refractivity contribution in [2.75, 3.05) is 32.4 Å². The van der Waals surface area contributed by atoms with E-state index in [-0.39, 0.29) is 30.0 Å². The lowest BCUT2D eigenvalue weighted by atomic mass is 10.2. The van der Waals surface area contributed by atoms with Gasteiger partial charge >= 0.3 is 0 Å². The number of halogens is 2. The number of guanidine groups is 1. The van der Waals surface area contributed by atoms with Gasteiger partial charge in [0.15, 0.2) is 5.96 Å². The van der Waals surface area contributed by atoms with E-state index in [1.165, 1.54) is 6.26 Å². The third-order valence-corrected chi connectivity index (χ3v) is 5.60. The van der Waals surface area contributed by atoms with Gasteiger partial charge in [0.2, 0.25) is 10.0 Å². The molecule has 1 aromatic heterocycles. The van der Waals surface area contributed by atoms with E-state index in [1.54, 1.807) is 16.6 Å². The third kappa shape index (κ3) is 7.53. The Kier molecular flexibility index (Phi) is 10.1. The Labute approximate surface area is 178 Å². The third-order valence-electron chi connectivity index (χ3n) is 4.05. The van der Waals surface area contributed by atoms with Gasteiger partial charge in [-0.1, -0.05) is 17.7 Å². The van der Waals surface area contributed by atoms with Crippen LogP contribution in [0.1, 0.15) is 25.3 Å². The summed E-state index contributed by atoms with van der Waals surface area (Å²) in [4.78, 5) is 8.62. The number of pyridine rings is 1. The maximum absolute atomic E-state index is 11.8. The molecule has 2 N–H and O–H groups in total. The lowest BCUT2D eigenvalue weighted by Gasteiger charge is -2.21. The van der Waals surface area contributed by atoms with Gasteiger partial charge in [-0.3, -0.25) is 4.99 Å². The number of rotatable bonds is 7. The highest BCUT2D eigenvalue weighted by molar-refractivity contribution is 14.0. The van der Waals surface area contributed by atoms with Crippen LogP contribution >= 0.6 is 35.6 Å². The monoisotopic (exact) mass is 515 g/mol. The van der Waals surface area contributed by atoms with E-state index in [9.17, 15) is 8.42 Å². The highest BCUT2D eigenvalue weighted by Crippen LogP contribution is 2.20. The molecule has 26 heavy (non-hydrogen) atoms. The number of nitrogens with zero attached hydrogens (tertiary/aromatic N) is 3. The Hall–Kier alpha value is -0.650. The molecule has 1 aromatic rings. The van der Waals surface area contributed by atoms with Crippen molar-refractivity contribution < 1.29 is 8.42 Å². The van der Waals surface area contributed by atoms with Crippen molar-refractivity contribution in [3.05, 3.63) is 29.0 Å². The van der Waals surface area contributed by atoms with E-state index in [4.69, 9.17) is 11.6 Å². The summed E-state index contributed by atoms with van der Waals surface area (Å²) >= 11 is 5.78. The van der Waals surface area contributed by atoms with Gasteiger partial charge in [0.25, 0.3) is 0 Å². The zero-order chi connectivity index (χ0) is 18.3. The quantitative estimate of drug-likeness (QED) is 0.251. The fourth-order valence-corrected chi connectivity index (χ4v) is 4.13. The van der Waals surface area contributed by atoms with E-state index in [2.05, 4.69) is 20.6 Å². The van der Waals surface area contributed by atoms with Crippen molar-refractivity contribution in [3.63, 3.8) is 0 Å². The van der Waals surface area contributed by atoms with Crippen LogP contribution in [-0.2, 0) is 16.4 Å². The van der Waals surface area contributed by atoms with Crippen molar-refractivity contribution in [1.82, 2.24) is 19.9 Å². The van der Waals surface area contributed by atoms with Crippen molar-refractivity contribution in [2.45, 2.75) is 32.2 Å². The van der Waals surface area contributed by atoms with Crippen LogP contribution in [0.2, 0.25) is 5.15 Å². The van der Waals surface area contributed by atoms with E-state index >= 15 is 0 Å². The van der Waals surface area contributed by atoms with Crippen LogP contribution in [0, 0.1) is 0 Å². The molecule has 0 radical (unpaired) electrons. The van der Waals surface area contributed by atoms with Crippen LogP contribution in [-0.4, -0.2) is 62.1 Å². The Morgan fingerprint density at radius 1 is 1.42 bits per heavy atom. The molecule has 2 heterocycles. The summed E-state index contributed by atoms with van der Waals surface area (Å²) in [6.07, 6.45) is 5.57. The first-order valence-corrected chi connectivity index (χ1v) is 10.7. The number of hydrogen-bond donors (Lipinski definition) is 2. The molecule has 0 amide bonds. The van der Waals surface area contributed by atoms with Gasteiger partial charge in [-0.05, 0) is 37.8 Å². The summed E-state index contributed by atoms with van der Waals surface area (Å²) in [6, 6.07) is 3.67. The molecule has 0 unspecified atom stereocenters. The van der Waals surface area contributed by atoms with Crippen molar-refractivity contribution in [2.24, 2.45) is 4.99 Å². The summed E-state index contributed by atoms with van der Waals surface area (Å²) in [7, 11) is -3.16. The molecule has 0 spiro atoms. The Morgan fingerprint density at radius 2 is 2.19 bits per heavy atom. The second kappa shape index (κ2) is 11.3. The molecule has 0 bridgehead atoms. The highest BCUT2D eigenvalue weighted by atomic mass is 127. The standard InChI is InChI=1S/C16H26ClN5O2S.HI/c1-3-18-16(19-9-8-13-6-7-15(17)20-11-13)21-12-14-5-4-10-22(14)25(2,23)24;/h6-7,11,14H,3-5,8-10,12H2,1-2H3,(H2,18,19,21);1H/t14-;/m1./s1. The molecular weight excluding hydrogens is 489 g/mol. The van der Waals surface area contributed by atoms with Crippen molar-refractivity contribution >= 4 is 51.6 Å². The maximum Gasteiger partial charge on any atom is 0.211 e. The topological polar surface area (TPSA) is 86.7 Å². The van der Waals surface area contributed by atoms with Crippen LogP contribution in [0.15, 0.2) is 23.3 Å². The summed E-state index contributed by atoms with van der Waals surface area (Å²) in [5.41, 5.74) is 1.09. The van der Waals surface area contributed by atoms with Crippen LogP contribution in [0.3, 0.4) is 0 Å². The summed E-state index contributed by atoms with van der Waals surface area (Å²) in [6.45, 7) is 4.50. The smallest absolute Gasteiger partial charge is 0.211 e. The van der Waals surface area contributed by atoms with Gasteiger partial charge in [-0.2, -0.15) is 4.31 Å². The molecule has 0 saturated carbocycles. The van der Waals surface area contributed by atoms with E-state index in [1.807, 2.05) is 13.0 Å². The van der Waals surface area contributed by atoms with Gasteiger partial charge in [0.1, 0.15) is 5.15 Å². The maximum atomic E-state index is 11.8. The largest absolute Gasteiger partial charge is 0.357 e.